The molecule has 1 aliphatic heterocycles. The second-order valence-corrected chi connectivity index (χ2v) is 3.69. The summed E-state index contributed by atoms with van der Waals surface area (Å²) in [6, 6.07) is 0. The van der Waals surface area contributed by atoms with E-state index in [0.29, 0.717) is 0 Å². The Morgan fingerprint density at radius 3 is 3.13 bits per heavy atom. The molecule has 2 rings (SSSR count). The molecular formula is C10H15N3O2. The molecule has 1 aromatic heterocycles. The molecule has 1 fully saturated rings. The van der Waals surface area contributed by atoms with Crippen molar-refractivity contribution in [1.29, 1.82) is 0 Å². The Labute approximate surface area is 88.5 Å². The van der Waals surface area contributed by atoms with Gasteiger partial charge in [0.2, 0.25) is 0 Å². The summed E-state index contributed by atoms with van der Waals surface area (Å²) < 4.78 is 5.10. The van der Waals surface area contributed by atoms with E-state index in [0.717, 1.165) is 38.3 Å². The standard InChI is InChI=1S/C10H15N3O2/c1-8-7-15-9(12-8)10(14)13-5-2-3-11-4-6-13/h7,11H,2-6H2,1H3. The van der Waals surface area contributed by atoms with E-state index in [1.165, 1.54) is 6.26 Å². The summed E-state index contributed by atoms with van der Waals surface area (Å²) in [4.78, 5) is 17.7. The second kappa shape index (κ2) is 4.44. The number of amides is 1. The topological polar surface area (TPSA) is 58.4 Å². The fraction of sp³-hybridized carbons (Fsp3) is 0.600. The normalized spacial score (nSPS) is 17.5. The average molecular weight is 209 g/mol. The molecule has 0 aliphatic carbocycles. The van der Waals surface area contributed by atoms with Gasteiger partial charge in [0.15, 0.2) is 0 Å². The van der Waals surface area contributed by atoms with Crippen molar-refractivity contribution in [3.63, 3.8) is 0 Å². The molecule has 0 aromatic carbocycles. The smallest absolute Gasteiger partial charge is 0.309 e. The number of hydrogen-bond acceptors (Lipinski definition) is 4. The van der Waals surface area contributed by atoms with Gasteiger partial charge in [0, 0.05) is 19.6 Å². The predicted octanol–water partition coefficient (Wildman–Crippen LogP) is 0.419. The molecule has 0 radical (unpaired) electrons. The Kier molecular flexibility index (Phi) is 3.01. The van der Waals surface area contributed by atoms with E-state index in [-0.39, 0.29) is 11.8 Å². The lowest BCUT2D eigenvalue weighted by atomic mass is 10.4. The highest BCUT2D eigenvalue weighted by atomic mass is 16.4. The van der Waals surface area contributed by atoms with E-state index in [9.17, 15) is 4.79 Å². The largest absolute Gasteiger partial charge is 0.441 e. The fourth-order valence-electron chi connectivity index (χ4n) is 1.64. The van der Waals surface area contributed by atoms with Crippen molar-refractivity contribution >= 4 is 5.91 Å². The minimum absolute atomic E-state index is 0.105. The van der Waals surface area contributed by atoms with Crippen molar-refractivity contribution < 1.29 is 9.21 Å². The lowest BCUT2D eigenvalue weighted by Crippen LogP contribution is -2.34. The van der Waals surface area contributed by atoms with Gasteiger partial charge < -0.3 is 14.6 Å². The number of aryl methyl sites for hydroxylation is 1. The van der Waals surface area contributed by atoms with Crippen LogP contribution in [0.25, 0.3) is 0 Å². The second-order valence-electron chi connectivity index (χ2n) is 3.69. The van der Waals surface area contributed by atoms with E-state index >= 15 is 0 Å². The van der Waals surface area contributed by atoms with Crippen LogP contribution in [0.15, 0.2) is 10.7 Å². The Morgan fingerprint density at radius 2 is 2.40 bits per heavy atom. The number of aromatic nitrogens is 1. The van der Waals surface area contributed by atoms with Crippen molar-refractivity contribution in [2.75, 3.05) is 26.2 Å². The molecule has 15 heavy (non-hydrogen) atoms. The Morgan fingerprint density at radius 1 is 1.53 bits per heavy atom. The molecule has 1 amide bonds. The van der Waals surface area contributed by atoms with Gasteiger partial charge in [0.25, 0.3) is 5.89 Å². The zero-order valence-electron chi connectivity index (χ0n) is 8.82. The number of nitrogens with zero attached hydrogens (tertiary/aromatic N) is 2. The van der Waals surface area contributed by atoms with Gasteiger partial charge in [0.1, 0.15) is 6.26 Å². The monoisotopic (exact) mass is 209 g/mol. The maximum absolute atomic E-state index is 11.9. The van der Waals surface area contributed by atoms with Crippen LogP contribution in [0.2, 0.25) is 0 Å². The summed E-state index contributed by atoms with van der Waals surface area (Å²) in [5.74, 6) is 0.0983. The SMILES string of the molecule is Cc1coc(C(=O)N2CCCNCC2)n1. The molecule has 5 heteroatoms. The summed E-state index contributed by atoms with van der Waals surface area (Å²) in [6.45, 7) is 5.11. The van der Waals surface area contributed by atoms with Crippen molar-refractivity contribution in [3.05, 3.63) is 17.8 Å². The molecule has 0 spiro atoms. The van der Waals surface area contributed by atoms with Crippen LogP contribution < -0.4 is 5.32 Å². The highest BCUT2D eigenvalue weighted by Gasteiger charge is 2.20. The number of nitrogens with one attached hydrogen (secondary N) is 1. The van der Waals surface area contributed by atoms with E-state index in [1.807, 2.05) is 6.92 Å². The van der Waals surface area contributed by atoms with Crippen LogP contribution in [0.3, 0.4) is 0 Å². The summed E-state index contributed by atoms with van der Waals surface area (Å²) in [7, 11) is 0. The van der Waals surface area contributed by atoms with Crippen LogP contribution in [0.1, 0.15) is 22.8 Å². The average Bonchev–Trinajstić information content (AvgIpc) is 2.53. The summed E-state index contributed by atoms with van der Waals surface area (Å²) >= 11 is 0. The van der Waals surface area contributed by atoms with Crippen LogP contribution in [0.4, 0.5) is 0 Å². The Hall–Kier alpha value is -1.36. The maximum atomic E-state index is 11.9. The number of carbonyl (C=O) groups excluding carboxylic acids is 1. The van der Waals surface area contributed by atoms with Gasteiger partial charge in [-0.05, 0) is 19.9 Å². The van der Waals surface area contributed by atoms with Gasteiger partial charge in [-0.1, -0.05) is 0 Å². The minimum Gasteiger partial charge on any atom is -0.441 e. The first-order valence-electron chi connectivity index (χ1n) is 5.19. The molecule has 82 valence electrons. The number of oxazole rings is 1. The van der Waals surface area contributed by atoms with E-state index in [4.69, 9.17) is 4.42 Å². The first-order chi connectivity index (χ1) is 7.27. The van der Waals surface area contributed by atoms with Gasteiger partial charge in [-0.2, -0.15) is 0 Å². The highest BCUT2D eigenvalue weighted by Crippen LogP contribution is 2.06. The molecule has 1 aliphatic rings. The third-order valence-corrected chi connectivity index (χ3v) is 2.43. The summed E-state index contributed by atoms with van der Waals surface area (Å²) in [6.07, 6.45) is 2.48. The Bertz CT molecular complexity index is 340. The molecule has 5 nitrogen and oxygen atoms in total. The number of hydrogen-bond donors (Lipinski definition) is 1. The lowest BCUT2D eigenvalue weighted by molar-refractivity contribution is 0.0726. The third kappa shape index (κ3) is 2.36. The van der Waals surface area contributed by atoms with Crippen molar-refractivity contribution in [2.45, 2.75) is 13.3 Å². The number of carbonyl (C=O) groups is 1. The van der Waals surface area contributed by atoms with Crippen LogP contribution in [-0.4, -0.2) is 42.0 Å². The summed E-state index contributed by atoms with van der Waals surface area (Å²) in [5, 5.41) is 3.24. The molecule has 0 atom stereocenters. The van der Waals surface area contributed by atoms with E-state index in [2.05, 4.69) is 10.3 Å². The van der Waals surface area contributed by atoms with Crippen LogP contribution >= 0.6 is 0 Å². The van der Waals surface area contributed by atoms with Gasteiger partial charge in [0.05, 0.1) is 5.69 Å². The molecule has 0 unspecified atom stereocenters. The molecule has 0 saturated carbocycles. The molecule has 1 aromatic rings. The van der Waals surface area contributed by atoms with Crippen molar-refractivity contribution in [1.82, 2.24) is 15.2 Å². The predicted molar refractivity (Wildman–Crippen MR) is 54.6 cm³/mol. The van der Waals surface area contributed by atoms with Crippen LogP contribution in [0.5, 0.6) is 0 Å². The van der Waals surface area contributed by atoms with E-state index < -0.39 is 0 Å². The van der Waals surface area contributed by atoms with Crippen LogP contribution in [0, 0.1) is 6.92 Å². The molecule has 1 saturated heterocycles. The molecule has 1 N–H and O–H groups in total. The van der Waals surface area contributed by atoms with Gasteiger partial charge in [-0.25, -0.2) is 4.98 Å². The maximum Gasteiger partial charge on any atom is 0.309 e. The lowest BCUT2D eigenvalue weighted by Gasteiger charge is -2.17. The highest BCUT2D eigenvalue weighted by molar-refractivity contribution is 5.89. The molecular weight excluding hydrogens is 194 g/mol. The van der Waals surface area contributed by atoms with Crippen LogP contribution in [-0.2, 0) is 0 Å². The first-order valence-corrected chi connectivity index (χ1v) is 5.19. The Balaban J connectivity index is 2.06. The number of rotatable bonds is 1. The zero-order valence-corrected chi connectivity index (χ0v) is 8.82. The molecule has 2 heterocycles. The van der Waals surface area contributed by atoms with E-state index in [1.54, 1.807) is 4.90 Å². The van der Waals surface area contributed by atoms with Gasteiger partial charge >= 0.3 is 5.91 Å². The zero-order chi connectivity index (χ0) is 10.7. The first kappa shape index (κ1) is 10.2. The van der Waals surface area contributed by atoms with Gasteiger partial charge in [-0.3, -0.25) is 4.79 Å². The fourth-order valence-corrected chi connectivity index (χ4v) is 1.64. The molecule has 0 bridgehead atoms. The third-order valence-electron chi connectivity index (χ3n) is 2.43. The quantitative estimate of drug-likeness (QED) is 0.728. The minimum atomic E-state index is -0.105. The van der Waals surface area contributed by atoms with Gasteiger partial charge in [-0.15, -0.1) is 0 Å². The van der Waals surface area contributed by atoms with Crippen molar-refractivity contribution in [2.24, 2.45) is 0 Å². The summed E-state index contributed by atoms with van der Waals surface area (Å²) in [5.41, 5.74) is 0.742. The van der Waals surface area contributed by atoms with Crippen molar-refractivity contribution in [3.8, 4) is 0 Å².